The molecule has 5 rings (SSSR count). The fraction of sp³-hybridized carbons (Fsp3) is 0.464. The number of fused-ring (bicyclic) bond motifs is 1. The summed E-state index contributed by atoms with van der Waals surface area (Å²) in [5.41, 5.74) is -3.77. The number of halogens is 3. The minimum Gasteiger partial charge on any atom is -0.453 e. The van der Waals surface area contributed by atoms with Gasteiger partial charge in [-0.1, -0.05) is 18.2 Å². The summed E-state index contributed by atoms with van der Waals surface area (Å²) in [5, 5.41) is 3.79. The number of carbonyl (C=O) groups is 2. The van der Waals surface area contributed by atoms with Gasteiger partial charge in [-0.05, 0) is 74.2 Å². The van der Waals surface area contributed by atoms with Crippen LogP contribution in [0.4, 0.5) is 18.0 Å². The minimum absolute atomic E-state index is 0.167. The van der Waals surface area contributed by atoms with Crippen molar-refractivity contribution in [3.63, 3.8) is 0 Å². The smallest absolute Gasteiger partial charge is 0.453 e. The molecule has 3 heterocycles. The van der Waals surface area contributed by atoms with E-state index >= 15 is 0 Å². The molecule has 2 aliphatic rings. The number of aromatic nitrogens is 2. The van der Waals surface area contributed by atoms with E-state index in [0.29, 0.717) is 18.6 Å². The fourth-order valence-electron chi connectivity index (χ4n) is 5.06. The first-order valence-electron chi connectivity index (χ1n) is 13.6. The van der Waals surface area contributed by atoms with Crippen molar-refractivity contribution in [3.8, 4) is 17.0 Å². The lowest BCUT2D eigenvalue weighted by molar-refractivity contribution is -0.111. The number of methoxy groups -OCH3 is 1. The zero-order chi connectivity index (χ0) is 31.2. The molecule has 2 aromatic carbocycles. The van der Waals surface area contributed by atoms with E-state index in [4.69, 9.17) is 4.74 Å². The van der Waals surface area contributed by atoms with Gasteiger partial charge in [0.15, 0.2) is 0 Å². The Bertz CT molecular complexity index is 1520. The van der Waals surface area contributed by atoms with Gasteiger partial charge in [-0.15, -0.1) is 0 Å². The molecule has 2 unspecified atom stereocenters. The molecule has 11 nitrogen and oxygen atoms in total. The summed E-state index contributed by atoms with van der Waals surface area (Å²) < 4.78 is 73.6. The molecule has 2 N–H and O–H groups in total. The number of aldehydes is 1. The number of carbonyl (C=O) groups excluding carboxylic acids is 2. The standard InChI is InChI=1S/C19H18F3N3O3S.C9H15NO4/c1-25-8-2-3-17(25)18-23-11-16(24-18)14-5-4-13-10-15(7-6-12(13)9-14)28-29(26,27)19(20,21)22;1-13-9(12)10-8(6-11)7-2-4-14-5-3-7/h4-7,9-11,17H,2-3,8H2,1H3,(H,23,24);6-8H,2-5H2,1H3,(H,10,12). The van der Waals surface area contributed by atoms with Crippen molar-refractivity contribution < 1.29 is 44.8 Å². The van der Waals surface area contributed by atoms with Gasteiger partial charge in [-0.2, -0.15) is 21.6 Å². The summed E-state index contributed by atoms with van der Waals surface area (Å²) in [6, 6.07) is 9.12. The lowest BCUT2D eigenvalue weighted by Gasteiger charge is -2.26. The Kier molecular flexibility index (Phi) is 10.3. The van der Waals surface area contributed by atoms with Gasteiger partial charge >= 0.3 is 21.7 Å². The molecule has 0 aliphatic carbocycles. The predicted octanol–water partition coefficient (Wildman–Crippen LogP) is 4.56. The van der Waals surface area contributed by atoms with E-state index < -0.39 is 33.5 Å². The molecule has 234 valence electrons. The van der Waals surface area contributed by atoms with E-state index in [-0.39, 0.29) is 12.0 Å². The van der Waals surface area contributed by atoms with Crippen molar-refractivity contribution in [1.82, 2.24) is 20.2 Å². The van der Waals surface area contributed by atoms with Crippen molar-refractivity contribution >= 4 is 33.3 Å². The number of benzene rings is 2. The second-order valence-corrected chi connectivity index (χ2v) is 11.8. The van der Waals surface area contributed by atoms with Gasteiger partial charge in [0.05, 0.1) is 31.1 Å². The van der Waals surface area contributed by atoms with Crippen LogP contribution in [-0.2, 0) is 24.4 Å². The first-order chi connectivity index (χ1) is 20.4. The van der Waals surface area contributed by atoms with E-state index in [1.54, 1.807) is 18.3 Å². The Labute approximate surface area is 246 Å². The maximum Gasteiger partial charge on any atom is 0.534 e. The molecular weight excluding hydrogens is 593 g/mol. The third kappa shape index (κ3) is 8.03. The van der Waals surface area contributed by atoms with Crippen LogP contribution in [0.3, 0.4) is 0 Å². The van der Waals surface area contributed by atoms with Gasteiger partial charge in [0.2, 0.25) is 0 Å². The second kappa shape index (κ2) is 13.7. The molecule has 3 aromatic rings. The molecular formula is C28H33F3N4O7S. The van der Waals surface area contributed by atoms with Crippen molar-refractivity contribution in [2.24, 2.45) is 5.92 Å². The van der Waals surface area contributed by atoms with Gasteiger partial charge in [0.25, 0.3) is 0 Å². The Hall–Kier alpha value is -3.69. The number of alkyl carbamates (subject to hydrolysis) is 1. The van der Waals surface area contributed by atoms with Crippen LogP contribution in [0.2, 0.25) is 0 Å². The molecule has 15 heteroatoms. The number of likely N-dealkylation sites (tertiary alicyclic amines) is 1. The number of amides is 1. The van der Waals surface area contributed by atoms with Crippen molar-refractivity contribution in [2.45, 2.75) is 43.3 Å². The Morgan fingerprint density at radius 2 is 1.86 bits per heavy atom. The number of aromatic amines is 1. The number of hydrogen-bond donors (Lipinski definition) is 2. The summed E-state index contributed by atoms with van der Waals surface area (Å²) >= 11 is 0. The van der Waals surface area contributed by atoms with Gasteiger partial charge < -0.3 is 28.8 Å². The lowest BCUT2D eigenvalue weighted by Crippen LogP contribution is -2.43. The first-order valence-corrected chi connectivity index (χ1v) is 15.0. The molecule has 1 aromatic heterocycles. The van der Waals surface area contributed by atoms with Crippen LogP contribution in [0, 0.1) is 5.92 Å². The summed E-state index contributed by atoms with van der Waals surface area (Å²) in [7, 11) is -2.35. The zero-order valence-corrected chi connectivity index (χ0v) is 24.4. The SMILES string of the molecule is CN1CCCC1c1ncc(-c2ccc3cc(OS(=O)(=O)C(F)(F)F)ccc3c2)[nH]1.COC(=O)NC(C=O)C1CCOCC1. The highest BCUT2D eigenvalue weighted by molar-refractivity contribution is 7.88. The first kappa shape index (κ1) is 32.2. The third-order valence-corrected chi connectivity index (χ3v) is 8.41. The van der Waals surface area contributed by atoms with Crippen LogP contribution in [-0.4, -0.2) is 81.1 Å². The Balaban J connectivity index is 0.000000255. The Morgan fingerprint density at radius 3 is 2.49 bits per heavy atom. The highest BCUT2D eigenvalue weighted by atomic mass is 32.2. The number of hydrogen-bond acceptors (Lipinski definition) is 9. The van der Waals surface area contributed by atoms with Crippen LogP contribution in [0.25, 0.3) is 22.0 Å². The van der Waals surface area contributed by atoms with E-state index in [1.807, 2.05) is 6.07 Å². The van der Waals surface area contributed by atoms with Crippen LogP contribution < -0.4 is 9.50 Å². The fourth-order valence-corrected chi connectivity index (χ4v) is 5.51. The average Bonchev–Trinajstić information content (AvgIpc) is 3.64. The number of rotatable bonds is 7. The van der Waals surface area contributed by atoms with E-state index in [0.717, 1.165) is 61.0 Å². The number of nitrogens with one attached hydrogen (secondary N) is 2. The summed E-state index contributed by atoms with van der Waals surface area (Å²) in [4.78, 5) is 31.7. The van der Waals surface area contributed by atoms with E-state index in [2.05, 4.69) is 36.2 Å². The van der Waals surface area contributed by atoms with Gasteiger partial charge in [0.1, 0.15) is 17.9 Å². The van der Waals surface area contributed by atoms with Crippen LogP contribution in [0.5, 0.6) is 5.75 Å². The van der Waals surface area contributed by atoms with E-state index in [1.165, 1.54) is 25.3 Å². The maximum absolute atomic E-state index is 12.5. The summed E-state index contributed by atoms with van der Waals surface area (Å²) in [5.74, 6) is 0.678. The monoisotopic (exact) mass is 626 g/mol. The molecule has 0 bridgehead atoms. The molecule has 0 radical (unpaired) electrons. The van der Waals surface area contributed by atoms with Gasteiger partial charge in [-0.25, -0.2) is 9.78 Å². The molecule has 2 saturated heterocycles. The molecule has 0 spiro atoms. The molecule has 43 heavy (non-hydrogen) atoms. The average molecular weight is 627 g/mol. The topological polar surface area (TPSA) is 140 Å². The quantitative estimate of drug-likeness (QED) is 0.219. The lowest BCUT2D eigenvalue weighted by atomic mass is 9.93. The van der Waals surface area contributed by atoms with Crippen molar-refractivity contribution in [3.05, 3.63) is 48.4 Å². The number of nitrogens with zero attached hydrogens (tertiary/aromatic N) is 2. The minimum atomic E-state index is -5.70. The predicted molar refractivity (Wildman–Crippen MR) is 151 cm³/mol. The maximum atomic E-state index is 12.5. The largest absolute Gasteiger partial charge is 0.534 e. The van der Waals surface area contributed by atoms with Crippen LogP contribution in [0.1, 0.15) is 37.5 Å². The van der Waals surface area contributed by atoms with Crippen LogP contribution in [0.15, 0.2) is 42.6 Å². The number of ether oxygens (including phenoxy) is 2. The normalized spacial score (nSPS) is 18.9. The molecule has 1 amide bonds. The highest BCUT2D eigenvalue weighted by Gasteiger charge is 2.48. The number of alkyl halides is 3. The molecule has 2 fully saturated rings. The number of H-pyrrole nitrogens is 1. The van der Waals surface area contributed by atoms with Crippen molar-refractivity contribution in [2.75, 3.05) is 33.9 Å². The van der Waals surface area contributed by atoms with Gasteiger partial charge in [-0.3, -0.25) is 4.90 Å². The van der Waals surface area contributed by atoms with E-state index in [9.17, 15) is 31.2 Å². The molecule has 2 atom stereocenters. The third-order valence-electron chi connectivity index (χ3n) is 7.43. The number of imidazole rings is 1. The second-order valence-electron chi connectivity index (χ2n) is 10.3. The molecule has 2 aliphatic heterocycles. The molecule has 0 saturated carbocycles. The zero-order valence-electron chi connectivity index (χ0n) is 23.6. The van der Waals surface area contributed by atoms with Crippen molar-refractivity contribution in [1.29, 1.82) is 0 Å². The Morgan fingerprint density at radius 1 is 1.16 bits per heavy atom. The highest BCUT2D eigenvalue weighted by Crippen LogP contribution is 2.32. The van der Waals surface area contributed by atoms with Crippen LogP contribution >= 0.6 is 0 Å². The summed E-state index contributed by atoms with van der Waals surface area (Å²) in [6.45, 7) is 2.33. The van der Waals surface area contributed by atoms with Gasteiger partial charge in [0, 0.05) is 18.8 Å². The summed E-state index contributed by atoms with van der Waals surface area (Å²) in [6.07, 6.45) is 5.73.